The van der Waals surface area contributed by atoms with Gasteiger partial charge in [-0.3, -0.25) is 0 Å². The summed E-state index contributed by atoms with van der Waals surface area (Å²) in [6, 6.07) is 3.37. The van der Waals surface area contributed by atoms with Crippen molar-refractivity contribution in [2.45, 2.75) is 0 Å². The van der Waals surface area contributed by atoms with E-state index in [1.165, 1.54) is 6.20 Å². The summed E-state index contributed by atoms with van der Waals surface area (Å²) in [5.41, 5.74) is 0.588. The lowest BCUT2D eigenvalue weighted by molar-refractivity contribution is 0.632. The second-order valence-electron chi connectivity index (χ2n) is 2.74. The fourth-order valence-electron chi connectivity index (χ4n) is 1.17. The van der Waals surface area contributed by atoms with Crippen LogP contribution >= 0.6 is 15.9 Å². The lowest BCUT2D eigenvalue weighted by Gasteiger charge is -2.02. The van der Waals surface area contributed by atoms with E-state index in [4.69, 9.17) is 0 Å². The maximum atomic E-state index is 13.5. The van der Waals surface area contributed by atoms with Gasteiger partial charge in [-0.05, 0) is 28.1 Å². The molecule has 5 heteroatoms. The molecule has 14 heavy (non-hydrogen) atoms. The fourth-order valence-corrected chi connectivity index (χ4v) is 1.51. The quantitative estimate of drug-likeness (QED) is 0.852. The molecule has 0 bridgehead atoms. The second-order valence-corrected chi connectivity index (χ2v) is 3.59. The fraction of sp³-hybridized carbons (Fsp3) is 0.111. The first-order valence-electron chi connectivity index (χ1n) is 4.01. The average Bonchev–Trinajstić information content (AvgIpc) is 2.23. The van der Waals surface area contributed by atoms with Gasteiger partial charge in [-0.25, -0.2) is 14.4 Å². The Morgan fingerprint density at radius 3 is 2.93 bits per heavy atom. The standard InChI is InChI=1S/C9H7BrFN3/c1-12-9-13-4-5-7(14-9)3-2-6(10)8(5)11/h2-4H,1H3,(H,12,13,14). The summed E-state index contributed by atoms with van der Waals surface area (Å²) in [4.78, 5) is 8.06. The topological polar surface area (TPSA) is 37.8 Å². The van der Waals surface area contributed by atoms with Crippen LogP contribution in [0.1, 0.15) is 0 Å². The van der Waals surface area contributed by atoms with E-state index in [9.17, 15) is 4.39 Å². The van der Waals surface area contributed by atoms with Crippen molar-refractivity contribution >= 4 is 32.8 Å². The van der Waals surface area contributed by atoms with Crippen molar-refractivity contribution in [3.8, 4) is 0 Å². The van der Waals surface area contributed by atoms with Gasteiger partial charge in [0.25, 0.3) is 0 Å². The van der Waals surface area contributed by atoms with Gasteiger partial charge in [-0.1, -0.05) is 0 Å². The van der Waals surface area contributed by atoms with E-state index in [0.29, 0.717) is 21.3 Å². The summed E-state index contributed by atoms with van der Waals surface area (Å²) in [6.45, 7) is 0. The molecule has 0 aliphatic heterocycles. The number of benzene rings is 1. The second kappa shape index (κ2) is 3.49. The van der Waals surface area contributed by atoms with Crippen molar-refractivity contribution in [3.05, 3.63) is 28.6 Å². The van der Waals surface area contributed by atoms with Gasteiger partial charge in [0.05, 0.1) is 15.4 Å². The molecule has 0 spiro atoms. The highest BCUT2D eigenvalue weighted by molar-refractivity contribution is 9.10. The van der Waals surface area contributed by atoms with Crippen molar-refractivity contribution in [2.75, 3.05) is 12.4 Å². The number of hydrogen-bond acceptors (Lipinski definition) is 3. The molecule has 72 valence electrons. The highest BCUT2D eigenvalue weighted by Crippen LogP contribution is 2.23. The molecule has 0 fully saturated rings. The van der Waals surface area contributed by atoms with Gasteiger partial charge in [0.15, 0.2) is 0 Å². The van der Waals surface area contributed by atoms with E-state index in [-0.39, 0.29) is 5.82 Å². The van der Waals surface area contributed by atoms with Crippen LogP contribution in [0.5, 0.6) is 0 Å². The Balaban J connectivity index is 2.74. The van der Waals surface area contributed by atoms with E-state index < -0.39 is 0 Å². The number of nitrogens with zero attached hydrogens (tertiary/aromatic N) is 2. The molecule has 2 rings (SSSR count). The Hall–Kier alpha value is -1.23. The molecule has 0 saturated heterocycles. The predicted octanol–water partition coefficient (Wildman–Crippen LogP) is 2.57. The molecule has 1 aromatic heterocycles. The lowest BCUT2D eigenvalue weighted by Crippen LogP contribution is -1.96. The minimum Gasteiger partial charge on any atom is -0.357 e. The summed E-state index contributed by atoms with van der Waals surface area (Å²) in [7, 11) is 1.72. The van der Waals surface area contributed by atoms with Gasteiger partial charge in [-0.2, -0.15) is 0 Å². The van der Waals surface area contributed by atoms with Crippen LogP contribution in [0, 0.1) is 5.82 Å². The largest absolute Gasteiger partial charge is 0.357 e. The van der Waals surface area contributed by atoms with Gasteiger partial charge in [0.1, 0.15) is 5.82 Å². The molecule has 0 aliphatic carbocycles. The van der Waals surface area contributed by atoms with Crippen LogP contribution < -0.4 is 5.32 Å². The molecule has 2 aromatic rings. The average molecular weight is 256 g/mol. The SMILES string of the molecule is CNc1ncc2c(F)c(Br)ccc2n1. The number of nitrogens with one attached hydrogen (secondary N) is 1. The van der Waals surface area contributed by atoms with Gasteiger partial charge < -0.3 is 5.32 Å². The van der Waals surface area contributed by atoms with Gasteiger partial charge in [0, 0.05) is 13.2 Å². The first-order chi connectivity index (χ1) is 6.72. The van der Waals surface area contributed by atoms with E-state index in [1.807, 2.05) is 0 Å². The lowest BCUT2D eigenvalue weighted by atomic mass is 10.2. The van der Waals surface area contributed by atoms with Gasteiger partial charge in [-0.15, -0.1) is 0 Å². The Kier molecular flexibility index (Phi) is 2.33. The Labute approximate surface area is 88.5 Å². The van der Waals surface area contributed by atoms with Crippen LogP contribution in [0.3, 0.4) is 0 Å². The van der Waals surface area contributed by atoms with Crippen molar-refractivity contribution < 1.29 is 4.39 Å². The third-order valence-corrected chi connectivity index (χ3v) is 2.49. The first-order valence-corrected chi connectivity index (χ1v) is 4.80. The summed E-state index contributed by atoms with van der Waals surface area (Å²) in [5.74, 6) is 0.157. The van der Waals surface area contributed by atoms with Crippen molar-refractivity contribution in [1.29, 1.82) is 0 Å². The predicted molar refractivity (Wildman–Crippen MR) is 56.7 cm³/mol. The van der Waals surface area contributed by atoms with Crippen LogP contribution in [0.25, 0.3) is 10.9 Å². The highest BCUT2D eigenvalue weighted by atomic mass is 79.9. The third-order valence-electron chi connectivity index (χ3n) is 1.88. The van der Waals surface area contributed by atoms with Crippen LogP contribution in [0.2, 0.25) is 0 Å². The number of anilines is 1. The first kappa shape index (κ1) is 9.33. The zero-order valence-corrected chi connectivity index (χ0v) is 8.97. The summed E-state index contributed by atoms with van der Waals surface area (Å²) in [5, 5.41) is 3.21. The van der Waals surface area contributed by atoms with Gasteiger partial charge in [0.2, 0.25) is 5.95 Å². The maximum Gasteiger partial charge on any atom is 0.222 e. The van der Waals surface area contributed by atoms with E-state index in [2.05, 4.69) is 31.2 Å². The van der Waals surface area contributed by atoms with Gasteiger partial charge >= 0.3 is 0 Å². The minimum absolute atomic E-state index is 0.329. The summed E-state index contributed by atoms with van der Waals surface area (Å²) < 4.78 is 13.9. The molecule has 0 unspecified atom stereocenters. The molecule has 1 heterocycles. The monoisotopic (exact) mass is 255 g/mol. The minimum atomic E-state index is -0.329. The number of rotatable bonds is 1. The maximum absolute atomic E-state index is 13.5. The number of halogens is 2. The zero-order valence-electron chi connectivity index (χ0n) is 7.38. The molecular formula is C9H7BrFN3. The molecule has 0 atom stereocenters. The van der Waals surface area contributed by atoms with Crippen LogP contribution in [0.15, 0.2) is 22.8 Å². The molecule has 1 N–H and O–H groups in total. The molecular weight excluding hydrogens is 249 g/mol. The van der Waals surface area contributed by atoms with Crippen LogP contribution in [-0.2, 0) is 0 Å². The van der Waals surface area contributed by atoms with E-state index in [1.54, 1.807) is 19.2 Å². The number of aromatic nitrogens is 2. The Morgan fingerprint density at radius 1 is 1.43 bits per heavy atom. The van der Waals surface area contributed by atoms with Crippen molar-refractivity contribution in [3.63, 3.8) is 0 Å². The highest BCUT2D eigenvalue weighted by Gasteiger charge is 2.06. The zero-order chi connectivity index (χ0) is 10.1. The van der Waals surface area contributed by atoms with Crippen LogP contribution in [0.4, 0.5) is 10.3 Å². The smallest absolute Gasteiger partial charge is 0.222 e. The normalized spacial score (nSPS) is 10.5. The molecule has 3 nitrogen and oxygen atoms in total. The van der Waals surface area contributed by atoms with Crippen LogP contribution in [-0.4, -0.2) is 17.0 Å². The Morgan fingerprint density at radius 2 is 2.21 bits per heavy atom. The third kappa shape index (κ3) is 1.43. The van der Waals surface area contributed by atoms with Crippen molar-refractivity contribution in [2.24, 2.45) is 0 Å². The van der Waals surface area contributed by atoms with Crippen molar-refractivity contribution in [1.82, 2.24) is 9.97 Å². The molecule has 0 radical (unpaired) electrons. The number of hydrogen-bond donors (Lipinski definition) is 1. The summed E-state index contributed by atoms with van der Waals surface area (Å²) in [6.07, 6.45) is 1.47. The Bertz CT molecular complexity index is 487. The number of fused-ring (bicyclic) bond motifs is 1. The molecule has 0 amide bonds. The summed E-state index contributed by atoms with van der Waals surface area (Å²) >= 11 is 3.11. The van der Waals surface area contributed by atoms with E-state index >= 15 is 0 Å². The molecule has 0 aliphatic rings. The van der Waals surface area contributed by atoms with E-state index in [0.717, 1.165) is 0 Å². The molecule has 1 aromatic carbocycles. The molecule has 0 saturated carbocycles.